The number of nitrogens with zero attached hydrogens (tertiary/aromatic N) is 2. The summed E-state index contributed by atoms with van der Waals surface area (Å²) in [6.07, 6.45) is 3.99. The van der Waals surface area contributed by atoms with Gasteiger partial charge in [-0.15, -0.1) is 0 Å². The summed E-state index contributed by atoms with van der Waals surface area (Å²) in [6.45, 7) is 7.28. The predicted octanol–water partition coefficient (Wildman–Crippen LogP) is 2.52. The van der Waals surface area contributed by atoms with E-state index in [9.17, 15) is 0 Å². The standard InChI is InChI=1S/C16H27N3/c1-18(14-15-19-12-5-6-13-19)11-7-10-17-16-8-3-2-4-9-16/h2-4,8-9,17H,5-7,10-15H2,1H3. The van der Waals surface area contributed by atoms with Crippen molar-refractivity contribution in [1.29, 1.82) is 0 Å². The number of rotatable bonds is 8. The van der Waals surface area contributed by atoms with E-state index in [2.05, 4.69) is 52.5 Å². The van der Waals surface area contributed by atoms with E-state index in [1.807, 2.05) is 0 Å². The number of likely N-dealkylation sites (N-methyl/N-ethyl adjacent to an activating group) is 1. The number of benzene rings is 1. The molecule has 2 rings (SSSR count). The van der Waals surface area contributed by atoms with E-state index in [1.165, 1.54) is 57.7 Å². The smallest absolute Gasteiger partial charge is 0.0340 e. The molecule has 3 nitrogen and oxygen atoms in total. The Bertz CT molecular complexity index is 333. The molecule has 1 aromatic rings. The van der Waals surface area contributed by atoms with Crippen LogP contribution in [0.4, 0.5) is 5.69 Å². The molecule has 0 spiro atoms. The first-order chi connectivity index (χ1) is 9.34. The average molecular weight is 261 g/mol. The number of likely N-dealkylation sites (tertiary alicyclic amines) is 1. The van der Waals surface area contributed by atoms with Crippen molar-refractivity contribution in [3.05, 3.63) is 30.3 Å². The molecule has 0 atom stereocenters. The topological polar surface area (TPSA) is 18.5 Å². The molecule has 1 aliphatic heterocycles. The Labute approximate surface area is 117 Å². The van der Waals surface area contributed by atoms with Gasteiger partial charge in [-0.2, -0.15) is 0 Å². The third kappa shape index (κ3) is 5.62. The highest BCUT2D eigenvalue weighted by molar-refractivity contribution is 5.42. The first-order valence-electron chi connectivity index (χ1n) is 7.54. The zero-order chi connectivity index (χ0) is 13.3. The molecule has 19 heavy (non-hydrogen) atoms. The Balaban J connectivity index is 1.50. The van der Waals surface area contributed by atoms with E-state index < -0.39 is 0 Å². The second-order valence-electron chi connectivity index (χ2n) is 5.50. The number of hydrogen-bond acceptors (Lipinski definition) is 3. The molecule has 0 radical (unpaired) electrons. The van der Waals surface area contributed by atoms with Crippen LogP contribution < -0.4 is 5.32 Å². The molecule has 0 saturated carbocycles. The zero-order valence-corrected chi connectivity index (χ0v) is 12.1. The van der Waals surface area contributed by atoms with Crippen molar-refractivity contribution >= 4 is 5.69 Å². The summed E-state index contributed by atoms with van der Waals surface area (Å²) in [5.74, 6) is 0. The molecule has 0 unspecified atom stereocenters. The van der Waals surface area contributed by atoms with Gasteiger partial charge in [-0.1, -0.05) is 18.2 Å². The van der Waals surface area contributed by atoms with E-state index in [0.29, 0.717) is 0 Å². The van der Waals surface area contributed by atoms with Gasteiger partial charge in [0, 0.05) is 25.3 Å². The molecule has 1 fully saturated rings. The van der Waals surface area contributed by atoms with Gasteiger partial charge in [0.25, 0.3) is 0 Å². The van der Waals surface area contributed by atoms with Gasteiger partial charge in [0.2, 0.25) is 0 Å². The molecule has 0 aromatic heterocycles. The van der Waals surface area contributed by atoms with Crippen molar-refractivity contribution < 1.29 is 0 Å². The molecular weight excluding hydrogens is 234 g/mol. The Hall–Kier alpha value is -1.06. The van der Waals surface area contributed by atoms with Crippen LogP contribution in [0.5, 0.6) is 0 Å². The molecule has 1 saturated heterocycles. The Morgan fingerprint density at radius 1 is 1.11 bits per heavy atom. The largest absolute Gasteiger partial charge is 0.385 e. The van der Waals surface area contributed by atoms with Crippen LogP contribution in [-0.4, -0.2) is 56.1 Å². The third-order valence-electron chi connectivity index (χ3n) is 3.82. The van der Waals surface area contributed by atoms with Gasteiger partial charge in [0.15, 0.2) is 0 Å². The molecule has 3 heteroatoms. The summed E-state index contributed by atoms with van der Waals surface area (Å²) in [7, 11) is 2.23. The molecule has 1 N–H and O–H groups in total. The van der Waals surface area contributed by atoms with Gasteiger partial charge in [-0.3, -0.25) is 0 Å². The van der Waals surface area contributed by atoms with E-state index in [0.717, 1.165) is 6.54 Å². The molecule has 1 heterocycles. The lowest BCUT2D eigenvalue weighted by atomic mass is 10.3. The van der Waals surface area contributed by atoms with Crippen molar-refractivity contribution in [2.75, 3.05) is 51.6 Å². The zero-order valence-electron chi connectivity index (χ0n) is 12.1. The fraction of sp³-hybridized carbons (Fsp3) is 0.625. The normalized spacial score (nSPS) is 16.1. The molecule has 106 valence electrons. The maximum Gasteiger partial charge on any atom is 0.0340 e. The lowest BCUT2D eigenvalue weighted by Gasteiger charge is -2.21. The fourth-order valence-electron chi connectivity index (χ4n) is 2.57. The third-order valence-corrected chi connectivity index (χ3v) is 3.82. The monoisotopic (exact) mass is 261 g/mol. The second-order valence-corrected chi connectivity index (χ2v) is 5.50. The number of hydrogen-bond donors (Lipinski definition) is 1. The van der Waals surface area contributed by atoms with Crippen LogP contribution in [0.1, 0.15) is 19.3 Å². The highest BCUT2D eigenvalue weighted by Gasteiger charge is 2.11. The van der Waals surface area contributed by atoms with Gasteiger partial charge < -0.3 is 15.1 Å². The minimum absolute atomic E-state index is 1.05. The van der Waals surface area contributed by atoms with Crippen LogP contribution in [0, 0.1) is 0 Å². The van der Waals surface area contributed by atoms with E-state index >= 15 is 0 Å². The van der Waals surface area contributed by atoms with Crippen LogP contribution in [0.3, 0.4) is 0 Å². The van der Waals surface area contributed by atoms with Crippen LogP contribution >= 0.6 is 0 Å². The molecule has 1 aromatic carbocycles. The van der Waals surface area contributed by atoms with Gasteiger partial charge in [0.1, 0.15) is 0 Å². The van der Waals surface area contributed by atoms with Crippen molar-refractivity contribution in [3.8, 4) is 0 Å². The summed E-state index contributed by atoms with van der Waals surface area (Å²) in [4.78, 5) is 5.03. The minimum Gasteiger partial charge on any atom is -0.385 e. The molecule has 0 bridgehead atoms. The number of nitrogens with one attached hydrogen (secondary N) is 1. The quantitative estimate of drug-likeness (QED) is 0.725. The van der Waals surface area contributed by atoms with Gasteiger partial charge >= 0.3 is 0 Å². The minimum atomic E-state index is 1.05. The SMILES string of the molecule is CN(CCCNc1ccccc1)CCN1CCCC1. The van der Waals surface area contributed by atoms with Crippen molar-refractivity contribution in [1.82, 2.24) is 9.80 Å². The maximum absolute atomic E-state index is 3.46. The average Bonchev–Trinajstić information content (AvgIpc) is 2.96. The van der Waals surface area contributed by atoms with Gasteiger partial charge in [0.05, 0.1) is 0 Å². The highest BCUT2D eigenvalue weighted by atomic mass is 15.2. The lowest BCUT2D eigenvalue weighted by Crippen LogP contribution is -2.32. The summed E-state index contributed by atoms with van der Waals surface area (Å²) >= 11 is 0. The number of anilines is 1. The first-order valence-corrected chi connectivity index (χ1v) is 7.54. The van der Waals surface area contributed by atoms with Crippen LogP contribution in [0.2, 0.25) is 0 Å². The Kier molecular flexibility index (Phi) is 6.18. The van der Waals surface area contributed by atoms with Gasteiger partial charge in [-0.05, 0) is 58.1 Å². The van der Waals surface area contributed by atoms with Gasteiger partial charge in [-0.25, -0.2) is 0 Å². The summed E-state index contributed by atoms with van der Waals surface area (Å²) in [5.41, 5.74) is 1.22. The maximum atomic E-state index is 3.46. The van der Waals surface area contributed by atoms with E-state index in [4.69, 9.17) is 0 Å². The van der Waals surface area contributed by atoms with Crippen LogP contribution in [0.15, 0.2) is 30.3 Å². The van der Waals surface area contributed by atoms with Crippen molar-refractivity contribution in [2.24, 2.45) is 0 Å². The van der Waals surface area contributed by atoms with E-state index in [1.54, 1.807) is 0 Å². The molecular formula is C16H27N3. The van der Waals surface area contributed by atoms with Crippen molar-refractivity contribution in [2.45, 2.75) is 19.3 Å². The fourth-order valence-corrected chi connectivity index (χ4v) is 2.57. The van der Waals surface area contributed by atoms with Crippen LogP contribution in [0.25, 0.3) is 0 Å². The first kappa shape index (κ1) is 14.4. The molecule has 0 amide bonds. The Morgan fingerprint density at radius 2 is 1.84 bits per heavy atom. The summed E-state index contributed by atoms with van der Waals surface area (Å²) < 4.78 is 0. The second kappa shape index (κ2) is 8.18. The van der Waals surface area contributed by atoms with Crippen molar-refractivity contribution in [3.63, 3.8) is 0 Å². The number of para-hydroxylation sites is 1. The predicted molar refractivity (Wildman–Crippen MR) is 82.7 cm³/mol. The molecule has 1 aliphatic rings. The summed E-state index contributed by atoms with van der Waals surface area (Å²) in [6, 6.07) is 10.4. The van der Waals surface area contributed by atoms with Crippen LogP contribution in [-0.2, 0) is 0 Å². The Morgan fingerprint density at radius 3 is 2.58 bits per heavy atom. The lowest BCUT2D eigenvalue weighted by molar-refractivity contribution is 0.257. The molecule has 0 aliphatic carbocycles. The summed E-state index contributed by atoms with van der Waals surface area (Å²) in [5, 5.41) is 3.46. The highest BCUT2D eigenvalue weighted by Crippen LogP contribution is 2.07. The van der Waals surface area contributed by atoms with E-state index in [-0.39, 0.29) is 0 Å².